The molecule has 186 valence electrons. The molecule has 0 saturated heterocycles. The normalized spacial score (nSPS) is 12.3. The van der Waals surface area contributed by atoms with Gasteiger partial charge in [-0.05, 0) is 94.1 Å². The summed E-state index contributed by atoms with van der Waals surface area (Å²) in [7, 11) is 1.32. The largest absolute Gasteiger partial charge is 0.477 e. The molecule has 0 spiro atoms. The zero-order chi connectivity index (χ0) is 26.1. The Kier molecular flexibility index (Phi) is 7.29. The maximum atomic E-state index is 13.5. The van der Waals surface area contributed by atoms with Crippen LogP contribution in [0.25, 0.3) is 33.5 Å². The van der Waals surface area contributed by atoms with E-state index in [0.717, 1.165) is 18.1 Å². The number of rotatable bonds is 6. The van der Waals surface area contributed by atoms with Gasteiger partial charge in [0.05, 0.1) is 31.4 Å². The molecule has 10 heteroatoms. The molecule has 0 bridgehead atoms. The minimum Gasteiger partial charge on any atom is -0.477 e. The summed E-state index contributed by atoms with van der Waals surface area (Å²) in [5, 5.41) is 5.87. The van der Waals surface area contributed by atoms with Crippen LogP contribution in [0.15, 0.2) is 81.0 Å². The standard InChI is InChI=1S/C27H19I2N3O5/c1-15(27(34)35-2)36-24-19(28)11-16(12-20(24)29)14-30-32-25(23-13-17-7-3-6-10-22(17)37-23)31-21-9-5-4-8-18(21)26(32)33/h3-15H,1-2H3/t15-/m1/s1. The number of fused-ring (bicyclic) bond motifs is 2. The van der Waals surface area contributed by atoms with Crippen molar-refractivity contribution in [3.8, 4) is 17.3 Å². The molecule has 37 heavy (non-hydrogen) atoms. The van der Waals surface area contributed by atoms with Crippen LogP contribution < -0.4 is 10.3 Å². The molecule has 0 unspecified atom stereocenters. The molecule has 2 heterocycles. The molecule has 0 N–H and O–H groups in total. The minimum atomic E-state index is -0.750. The van der Waals surface area contributed by atoms with E-state index in [2.05, 4.69) is 50.3 Å². The van der Waals surface area contributed by atoms with E-state index in [1.807, 2.05) is 48.5 Å². The van der Waals surface area contributed by atoms with E-state index in [9.17, 15) is 9.59 Å². The Morgan fingerprint density at radius 1 is 1.08 bits per heavy atom. The predicted molar refractivity (Wildman–Crippen MR) is 158 cm³/mol. The molecule has 0 amide bonds. The van der Waals surface area contributed by atoms with Gasteiger partial charge in [0.15, 0.2) is 11.9 Å². The number of aromatic nitrogens is 2. The molecule has 0 radical (unpaired) electrons. The number of halogens is 2. The molecule has 0 aliphatic rings. The number of furan rings is 1. The van der Waals surface area contributed by atoms with Crippen molar-refractivity contribution in [1.29, 1.82) is 0 Å². The number of ether oxygens (including phenoxy) is 2. The summed E-state index contributed by atoms with van der Waals surface area (Å²) in [4.78, 5) is 29.9. The fraction of sp³-hybridized carbons (Fsp3) is 0.111. The van der Waals surface area contributed by atoms with Crippen LogP contribution in [-0.2, 0) is 9.53 Å². The third kappa shape index (κ3) is 5.12. The zero-order valence-electron chi connectivity index (χ0n) is 19.6. The van der Waals surface area contributed by atoms with Gasteiger partial charge in [-0.15, -0.1) is 0 Å². The second-order valence-electron chi connectivity index (χ2n) is 8.06. The summed E-state index contributed by atoms with van der Waals surface area (Å²) >= 11 is 4.27. The van der Waals surface area contributed by atoms with Gasteiger partial charge in [0.25, 0.3) is 5.56 Å². The molecule has 3 aromatic carbocycles. The molecule has 0 aliphatic carbocycles. The number of benzene rings is 3. The third-order valence-electron chi connectivity index (χ3n) is 5.57. The Bertz CT molecular complexity index is 1690. The fourth-order valence-corrected chi connectivity index (χ4v) is 5.83. The molecule has 8 nitrogen and oxygen atoms in total. The van der Waals surface area contributed by atoms with Crippen molar-refractivity contribution in [2.24, 2.45) is 5.10 Å². The van der Waals surface area contributed by atoms with Crippen LogP contribution in [-0.4, -0.2) is 35.1 Å². The maximum absolute atomic E-state index is 13.5. The van der Waals surface area contributed by atoms with Gasteiger partial charge in [0.2, 0.25) is 5.82 Å². The summed E-state index contributed by atoms with van der Waals surface area (Å²) < 4.78 is 19.4. The van der Waals surface area contributed by atoms with Gasteiger partial charge in [-0.3, -0.25) is 4.79 Å². The quantitative estimate of drug-likeness (QED) is 0.124. The van der Waals surface area contributed by atoms with Crippen molar-refractivity contribution in [2.45, 2.75) is 13.0 Å². The van der Waals surface area contributed by atoms with E-state index < -0.39 is 12.1 Å². The van der Waals surface area contributed by atoms with Gasteiger partial charge in [-0.25, -0.2) is 9.78 Å². The van der Waals surface area contributed by atoms with Crippen molar-refractivity contribution < 1.29 is 18.7 Å². The Morgan fingerprint density at radius 2 is 1.78 bits per heavy atom. The molecule has 5 aromatic rings. The van der Waals surface area contributed by atoms with Crippen LogP contribution in [0.1, 0.15) is 12.5 Å². The first-order chi connectivity index (χ1) is 17.9. The van der Waals surface area contributed by atoms with Crippen LogP contribution >= 0.6 is 45.2 Å². The molecule has 2 aromatic heterocycles. The molecular formula is C27H19I2N3O5. The number of hydrogen-bond acceptors (Lipinski definition) is 7. The first-order valence-electron chi connectivity index (χ1n) is 11.1. The van der Waals surface area contributed by atoms with Crippen molar-refractivity contribution in [3.05, 3.63) is 89.8 Å². The number of nitrogens with zero attached hydrogens (tertiary/aromatic N) is 3. The zero-order valence-corrected chi connectivity index (χ0v) is 24.0. The Morgan fingerprint density at radius 3 is 2.51 bits per heavy atom. The summed E-state index contributed by atoms with van der Waals surface area (Å²) in [5.74, 6) is 0.848. The highest BCUT2D eigenvalue weighted by molar-refractivity contribution is 14.1. The van der Waals surface area contributed by atoms with E-state index in [0.29, 0.717) is 33.8 Å². The second-order valence-corrected chi connectivity index (χ2v) is 10.4. The number of esters is 1. The minimum absolute atomic E-state index is 0.299. The highest BCUT2D eigenvalue weighted by Gasteiger charge is 2.19. The lowest BCUT2D eigenvalue weighted by Crippen LogP contribution is -2.25. The predicted octanol–water partition coefficient (Wildman–Crippen LogP) is 5.84. The van der Waals surface area contributed by atoms with Crippen molar-refractivity contribution in [1.82, 2.24) is 9.66 Å². The molecule has 1 atom stereocenters. The number of carbonyl (C=O) groups is 1. The van der Waals surface area contributed by atoms with E-state index in [4.69, 9.17) is 18.9 Å². The van der Waals surface area contributed by atoms with E-state index >= 15 is 0 Å². The highest BCUT2D eigenvalue weighted by atomic mass is 127. The smallest absolute Gasteiger partial charge is 0.346 e. The molecule has 0 fully saturated rings. The average Bonchev–Trinajstić information content (AvgIpc) is 3.33. The monoisotopic (exact) mass is 719 g/mol. The topological polar surface area (TPSA) is 95.9 Å². The lowest BCUT2D eigenvalue weighted by Gasteiger charge is -2.15. The van der Waals surface area contributed by atoms with Gasteiger partial charge >= 0.3 is 5.97 Å². The van der Waals surface area contributed by atoms with Crippen molar-refractivity contribution >= 4 is 79.2 Å². The first kappa shape index (κ1) is 25.4. The van der Waals surface area contributed by atoms with Gasteiger partial charge in [0, 0.05) is 5.39 Å². The molecule has 5 rings (SSSR count). The summed E-state index contributed by atoms with van der Waals surface area (Å²) in [6.07, 6.45) is 0.835. The highest BCUT2D eigenvalue weighted by Crippen LogP contribution is 2.30. The van der Waals surface area contributed by atoms with Gasteiger partial charge < -0.3 is 13.9 Å². The van der Waals surface area contributed by atoms with Gasteiger partial charge in [-0.2, -0.15) is 9.78 Å². The van der Waals surface area contributed by atoms with E-state index in [1.165, 1.54) is 11.8 Å². The summed E-state index contributed by atoms with van der Waals surface area (Å²) in [5.41, 5.74) is 1.67. The van der Waals surface area contributed by atoms with Gasteiger partial charge in [-0.1, -0.05) is 30.3 Å². The summed E-state index contributed by atoms with van der Waals surface area (Å²) in [6, 6.07) is 20.3. The SMILES string of the molecule is COC(=O)[C@@H](C)Oc1c(I)cc(C=Nn2c(-c3cc4ccccc4o3)nc3ccccc3c2=O)cc1I. The Labute approximate surface area is 238 Å². The number of para-hydroxylation sites is 2. The molecule has 0 saturated carbocycles. The van der Waals surface area contributed by atoms with E-state index in [1.54, 1.807) is 31.3 Å². The first-order valence-corrected chi connectivity index (χ1v) is 13.3. The van der Waals surface area contributed by atoms with Gasteiger partial charge in [0.1, 0.15) is 11.3 Å². The van der Waals surface area contributed by atoms with Crippen molar-refractivity contribution in [3.63, 3.8) is 0 Å². The second kappa shape index (κ2) is 10.6. The number of methoxy groups -OCH3 is 1. The lowest BCUT2D eigenvalue weighted by molar-refractivity contribution is -0.147. The van der Waals surface area contributed by atoms with Crippen LogP contribution in [0, 0.1) is 7.14 Å². The van der Waals surface area contributed by atoms with Crippen LogP contribution in [0.2, 0.25) is 0 Å². The molecular weight excluding hydrogens is 700 g/mol. The number of hydrogen-bond donors (Lipinski definition) is 0. The van der Waals surface area contributed by atoms with Crippen LogP contribution in [0.5, 0.6) is 5.75 Å². The summed E-state index contributed by atoms with van der Waals surface area (Å²) in [6.45, 7) is 1.63. The fourth-order valence-electron chi connectivity index (χ4n) is 3.76. The van der Waals surface area contributed by atoms with E-state index in [-0.39, 0.29) is 5.56 Å². The Hall–Kier alpha value is -3.26. The van der Waals surface area contributed by atoms with Crippen molar-refractivity contribution in [2.75, 3.05) is 7.11 Å². The maximum Gasteiger partial charge on any atom is 0.346 e. The Balaban J connectivity index is 1.59. The third-order valence-corrected chi connectivity index (χ3v) is 7.17. The van der Waals surface area contributed by atoms with Crippen LogP contribution in [0.3, 0.4) is 0 Å². The molecule has 0 aliphatic heterocycles. The lowest BCUT2D eigenvalue weighted by atomic mass is 10.2. The number of carbonyl (C=O) groups excluding carboxylic acids is 1. The van der Waals surface area contributed by atoms with Crippen LogP contribution in [0.4, 0.5) is 0 Å². The average molecular weight is 719 g/mol.